The number of nitrogens with one attached hydrogen (secondary N) is 2. The van der Waals surface area contributed by atoms with Crippen LogP contribution in [0.25, 0.3) is 22.3 Å². The molecule has 0 aliphatic heterocycles. The smallest absolute Gasteiger partial charge is 0.339 e. The fourth-order valence-electron chi connectivity index (χ4n) is 3.61. The van der Waals surface area contributed by atoms with Crippen LogP contribution in [0.5, 0.6) is 0 Å². The van der Waals surface area contributed by atoms with Gasteiger partial charge in [0.05, 0.1) is 12.3 Å². The van der Waals surface area contributed by atoms with Crippen LogP contribution in [0, 0.1) is 5.82 Å². The second-order valence-electron chi connectivity index (χ2n) is 6.88. The quantitative estimate of drug-likeness (QED) is 0.367. The molecule has 30 heavy (non-hydrogen) atoms. The van der Waals surface area contributed by atoms with Crippen LogP contribution < -0.4 is 5.32 Å². The van der Waals surface area contributed by atoms with Crippen molar-refractivity contribution in [1.82, 2.24) is 9.97 Å². The second kappa shape index (κ2) is 7.96. The van der Waals surface area contributed by atoms with E-state index in [9.17, 15) is 19.4 Å². The zero-order valence-electron chi connectivity index (χ0n) is 16.2. The molecule has 4 aromatic rings. The molecule has 0 aliphatic carbocycles. The second-order valence-corrected chi connectivity index (χ2v) is 6.88. The van der Waals surface area contributed by atoms with E-state index in [0.29, 0.717) is 28.8 Å². The molecule has 2 aromatic carbocycles. The van der Waals surface area contributed by atoms with E-state index in [-0.39, 0.29) is 18.0 Å². The Bertz CT molecular complexity index is 1230. The summed E-state index contributed by atoms with van der Waals surface area (Å²) in [5, 5.41) is 23.2. The van der Waals surface area contributed by atoms with Gasteiger partial charge in [-0.3, -0.25) is 0 Å². The van der Waals surface area contributed by atoms with E-state index in [1.165, 1.54) is 18.3 Å². The number of benzene rings is 2. The van der Waals surface area contributed by atoms with Gasteiger partial charge in [0.25, 0.3) is 0 Å². The summed E-state index contributed by atoms with van der Waals surface area (Å²) in [6.45, 7) is 1.87. The number of halogens is 1. The van der Waals surface area contributed by atoms with E-state index in [1.54, 1.807) is 18.2 Å². The highest BCUT2D eigenvalue weighted by molar-refractivity contribution is 6.06. The zero-order valence-corrected chi connectivity index (χ0v) is 16.2. The van der Waals surface area contributed by atoms with Crippen LogP contribution in [0.15, 0.2) is 54.7 Å². The minimum atomic E-state index is -1.10. The van der Waals surface area contributed by atoms with E-state index in [1.807, 2.05) is 25.1 Å². The Kier molecular flexibility index (Phi) is 5.20. The van der Waals surface area contributed by atoms with Crippen molar-refractivity contribution in [3.63, 3.8) is 0 Å². The normalized spacial score (nSPS) is 11.0. The number of aliphatic hydroxyl groups is 1. The first-order valence-corrected chi connectivity index (χ1v) is 9.51. The Morgan fingerprint density at radius 1 is 1.20 bits per heavy atom. The zero-order chi connectivity index (χ0) is 21.3. The van der Waals surface area contributed by atoms with Gasteiger partial charge in [-0.25, -0.2) is 14.2 Å². The van der Waals surface area contributed by atoms with E-state index in [2.05, 4.69) is 15.3 Å². The third kappa shape index (κ3) is 3.51. The molecule has 152 valence electrons. The van der Waals surface area contributed by atoms with Crippen molar-refractivity contribution in [1.29, 1.82) is 0 Å². The number of hydrogen-bond donors (Lipinski definition) is 4. The van der Waals surface area contributed by atoms with Crippen LogP contribution in [-0.4, -0.2) is 26.2 Å². The molecule has 0 aliphatic rings. The van der Waals surface area contributed by atoms with Gasteiger partial charge in [-0.2, -0.15) is 0 Å². The third-order valence-electron chi connectivity index (χ3n) is 5.10. The van der Waals surface area contributed by atoms with Gasteiger partial charge in [-0.05, 0) is 59.5 Å². The molecule has 2 aromatic heterocycles. The lowest BCUT2D eigenvalue weighted by molar-refractivity contribution is 0.0697. The molecule has 2 heterocycles. The standard InChI is InChI=1S/C23H20FN3O3/c1-2-16-14(12-28)4-3-5-19(16)26-21-17-10-20(13-6-8-15(24)9-7-13)27-22(17)25-11-18(21)23(29)30/h3-11,28H,2,12H2,1H3,(H,29,30)(H2,25,26,27). The summed E-state index contributed by atoms with van der Waals surface area (Å²) < 4.78 is 13.3. The van der Waals surface area contributed by atoms with Crippen LogP contribution in [0.1, 0.15) is 28.4 Å². The molecule has 0 atom stereocenters. The van der Waals surface area contributed by atoms with Crippen molar-refractivity contribution in [2.75, 3.05) is 5.32 Å². The molecule has 0 amide bonds. The Balaban J connectivity index is 1.88. The van der Waals surface area contributed by atoms with Gasteiger partial charge in [0.15, 0.2) is 0 Å². The average molecular weight is 405 g/mol. The molecule has 0 unspecified atom stereocenters. The summed E-state index contributed by atoms with van der Waals surface area (Å²) in [5.74, 6) is -1.44. The minimum Gasteiger partial charge on any atom is -0.478 e. The molecule has 0 fully saturated rings. The molecule has 0 saturated heterocycles. The Hall–Kier alpha value is -3.71. The number of hydrogen-bond acceptors (Lipinski definition) is 4. The number of carboxylic acid groups (broad SMARTS) is 1. The molecule has 7 heteroatoms. The van der Waals surface area contributed by atoms with Crippen molar-refractivity contribution < 1.29 is 19.4 Å². The maximum absolute atomic E-state index is 13.3. The number of carboxylic acids is 1. The molecule has 0 radical (unpaired) electrons. The molecule has 4 N–H and O–H groups in total. The van der Waals surface area contributed by atoms with Gasteiger partial charge < -0.3 is 20.5 Å². The fourth-order valence-corrected chi connectivity index (χ4v) is 3.61. The summed E-state index contributed by atoms with van der Waals surface area (Å²) in [7, 11) is 0. The summed E-state index contributed by atoms with van der Waals surface area (Å²) in [4.78, 5) is 19.3. The van der Waals surface area contributed by atoms with Gasteiger partial charge >= 0.3 is 5.97 Å². The molecule has 0 saturated carbocycles. The number of carbonyl (C=O) groups is 1. The Labute approximate surface area is 172 Å². The molecular weight excluding hydrogens is 385 g/mol. The predicted molar refractivity (Wildman–Crippen MR) is 113 cm³/mol. The Morgan fingerprint density at radius 2 is 1.97 bits per heavy atom. The highest BCUT2D eigenvalue weighted by atomic mass is 19.1. The SMILES string of the molecule is CCc1c(CO)cccc1Nc1c(C(=O)O)cnc2[nH]c(-c3ccc(F)cc3)cc12. The molecule has 0 bridgehead atoms. The lowest BCUT2D eigenvalue weighted by Gasteiger charge is -2.16. The number of anilines is 2. The number of aromatic carboxylic acids is 1. The Morgan fingerprint density at radius 3 is 2.63 bits per heavy atom. The monoisotopic (exact) mass is 405 g/mol. The van der Waals surface area contributed by atoms with Crippen LogP contribution in [-0.2, 0) is 13.0 Å². The number of aliphatic hydroxyl groups excluding tert-OH is 1. The summed E-state index contributed by atoms with van der Waals surface area (Å²) in [5.41, 5.74) is 4.82. The van der Waals surface area contributed by atoms with Crippen molar-refractivity contribution in [3.05, 3.63) is 77.2 Å². The number of rotatable bonds is 6. The average Bonchev–Trinajstić information content (AvgIpc) is 3.18. The molecule has 0 spiro atoms. The summed E-state index contributed by atoms with van der Waals surface area (Å²) in [6.07, 6.45) is 1.98. The number of H-pyrrole nitrogens is 1. The van der Waals surface area contributed by atoms with Crippen molar-refractivity contribution >= 4 is 28.4 Å². The third-order valence-corrected chi connectivity index (χ3v) is 5.10. The van der Waals surface area contributed by atoms with Crippen LogP contribution in [0.2, 0.25) is 0 Å². The van der Waals surface area contributed by atoms with Crippen LogP contribution in [0.3, 0.4) is 0 Å². The number of aromatic amines is 1. The highest BCUT2D eigenvalue weighted by Crippen LogP contribution is 2.34. The first kappa shape index (κ1) is 19.6. The van der Waals surface area contributed by atoms with Gasteiger partial charge in [0, 0.05) is 23.0 Å². The fraction of sp³-hybridized carbons (Fsp3) is 0.130. The van der Waals surface area contributed by atoms with E-state index < -0.39 is 5.97 Å². The number of aromatic nitrogens is 2. The van der Waals surface area contributed by atoms with Crippen LogP contribution >= 0.6 is 0 Å². The topological polar surface area (TPSA) is 98.2 Å². The van der Waals surface area contributed by atoms with E-state index in [0.717, 1.165) is 22.4 Å². The summed E-state index contributed by atoms with van der Waals surface area (Å²) in [6, 6.07) is 13.3. The van der Waals surface area contributed by atoms with Crippen LogP contribution in [0.4, 0.5) is 15.8 Å². The van der Waals surface area contributed by atoms with Crippen molar-refractivity contribution in [2.45, 2.75) is 20.0 Å². The maximum atomic E-state index is 13.3. The van der Waals surface area contributed by atoms with E-state index >= 15 is 0 Å². The van der Waals surface area contributed by atoms with Gasteiger partial charge in [-0.1, -0.05) is 19.1 Å². The maximum Gasteiger partial charge on any atom is 0.339 e. The van der Waals surface area contributed by atoms with E-state index in [4.69, 9.17) is 0 Å². The van der Waals surface area contributed by atoms with Gasteiger partial charge in [0.2, 0.25) is 0 Å². The van der Waals surface area contributed by atoms with Crippen molar-refractivity contribution in [2.24, 2.45) is 0 Å². The molecule has 4 rings (SSSR count). The van der Waals surface area contributed by atoms with Gasteiger partial charge in [0.1, 0.15) is 17.0 Å². The largest absolute Gasteiger partial charge is 0.478 e. The lowest BCUT2D eigenvalue weighted by Crippen LogP contribution is -2.06. The minimum absolute atomic E-state index is 0.0311. The number of fused-ring (bicyclic) bond motifs is 1. The van der Waals surface area contributed by atoms with Gasteiger partial charge in [-0.15, -0.1) is 0 Å². The summed E-state index contributed by atoms with van der Waals surface area (Å²) >= 11 is 0. The highest BCUT2D eigenvalue weighted by Gasteiger charge is 2.19. The predicted octanol–water partition coefficient (Wildman–Crippen LogP) is 4.87. The lowest BCUT2D eigenvalue weighted by atomic mass is 10.0. The first-order chi connectivity index (χ1) is 14.5. The first-order valence-electron chi connectivity index (χ1n) is 9.51. The van der Waals surface area contributed by atoms with Crippen molar-refractivity contribution in [3.8, 4) is 11.3 Å². The number of pyridine rings is 1. The molecular formula is C23H20FN3O3. The molecule has 6 nitrogen and oxygen atoms in total. The number of nitrogens with zero attached hydrogens (tertiary/aromatic N) is 1.